The molecule has 0 N–H and O–H groups in total. The van der Waals surface area contributed by atoms with Gasteiger partial charge >= 0.3 is 0 Å². The Bertz CT molecular complexity index is 978. The van der Waals surface area contributed by atoms with Gasteiger partial charge in [-0.05, 0) is 35.9 Å². The molecule has 1 aliphatic rings. The second-order valence-corrected chi connectivity index (χ2v) is 7.19. The maximum Gasteiger partial charge on any atom is 0.191 e. The molecule has 0 spiro atoms. The number of halogens is 2. The van der Waals surface area contributed by atoms with E-state index in [9.17, 15) is 22.0 Å². The van der Waals surface area contributed by atoms with E-state index >= 15 is 0 Å². The van der Waals surface area contributed by atoms with E-state index in [0.29, 0.717) is 5.56 Å². The third kappa shape index (κ3) is 2.71. The van der Waals surface area contributed by atoms with Crippen molar-refractivity contribution in [3.63, 3.8) is 0 Å². The molecule has 0 amide bonds. The number of hydrogen-bond donors (Lipinski definition) is 0. The predicted molar refractivity (Wildman–Crippen MR) is 83.7 cm³/mol. The molecule has 3 rings (SSSR count). The van der Waals surface area contributed by atoms with Crippen LogP contribution in [0, 0.1) is 11.6 Å². The number of carbonyl (C=O) groups excluding carboxylic acids is 1. The number of rotatable bonds is 2. The van der Waals surface area contributed by atoms with Crippen LogP contribution in [0.2, 0.25) is 0 Å². The third-order valence-electron chi connectivity index (χ3n) is 3.68. The Hall–Kier alpha value is -2.54. The third-order valence-corrected chi connectivity index (χ3v) is 5.40. The maximum atomic E-state index is 13.8. The number of Topliss-reactive ketones (excluding diaryl/α,β-unsaturated/α-hetero) is 1. The van der Waals surface area contributed by atoms with Crippen LogP contribution in [0.5, 0.6) is 5.75 Å². The SMILES string of the molecule is COc1ccc(/C=C2/CS(=O)(=O)c3c(F)cccc3C2=O)cc1F. The van der Waals surface area contributed by atoms with E-state index in [-0.39, 0.29) is 16.9 Å². The molecule has 0 atom stereocenters. The first-order valence-corrected chi connectivity index (χ1v) is 8.59. The first-order chi connectivity index (χ1) is 11.3. The molecule has 0 saturated heterocycles. The largest absolute Gasteiger partial charge is 0.494 e. The first-order valence-electron chi connectivity index (χ1n) is 6.93. The summed E-state index contributed by atoms with van der Waals surface area (Å²) >= 11 is 0. The molecule has 0 fully saturated rings. The van der Waals surface area contributed by atoms with Gasteiger partial charge in [-0.2, -0.15) is 0 Å². The van der Waals surface area contributed by atoms with E-state index in [4.69, 9.17) is 4.74 Å². The lowest BCUT2D eigenvalue weighted by molar-refractivity contribution is 0.103. The van der Waals surface area contributed by atoms with Gasteiger partial charge in [-0.3, -0.25) is 4.79 Å². The first kappa shape index (κ1) is 16.3. The minimum Gasteiger partial charge on any atom is -0.494 e. The molecule has 0 radical (unpaired) electrons. The van der Waals surface area contributed by atoms with E-state index in [1.807, 2.05) is 0 Å². The molecular weight excluding hydrogens is 338 g/mol. The molecule has 4 nitrogen and oxygen atoms in total. The molecule has 7 heteroatoms. The number of carbonyl (C=O) groups is 1. The molecule has 0 saturated carbocycles. The van der Waals surface area contributed by atoms with Crippen LogP contribution in [0.25, 0.3) is 6.08 Å². The summed E-state index contributed by atoms with van der Waals surface area (Å²) in [7, 11) is -2.66. The number of methoxy groups -OCH3 is 1. The molecule has 0 bridgehead atoms. The van der Waals surface area contributed by atoms with Crippen LogP contribution in [0.1, 0.15) is 15.9 Å². The molecule has 2 aromatic rings. The Morgan fingerprint density at radius 3 is 2.54 bits per heavy atom. The van der Waals surface area contributed by atoms with Gasteiger partial charge in [-0.25, -0.2) is 17.2 Å². The Morgan fingerprint density at radius 1 is 1.12 bits per heavy atom. The van der Waals surface area contributed by atoms with Crippen LogP contribution in [0.3, 0.4) is 0 Å². The number of benzene rings is 2. The number of ether oxygens (including phenoxy) is 1. The molecule has 24 heavy (non-hydrogen) atoms. The van der Waals surface area contributed by atoms with Gasteiger partial charge in [-0.15, -0.1) is 0 Å². The molecule has 2 aromatic carbocycles. The van der Waals surface area contributed by atoms with Gasteiger partial charge in [0.1, 0.15) is 10.7 Å². The number of ketones is 1. The van der Waals surface area contributed by atoms with Crippen molar-refractivity contribution >= 4 is 21.7 Å². The van der Waals surface area contributed by atoms with Crippen LogP contribution >= 0.6 is 0 Å². The molecule has 1 heterocycles. The van der Waals surface area contributed by atoms with Crippen molar-refractivity contribution in [2.24, 2.45) is 0 Å². The lowest BCUT2D eigenvalue weighted by Gasteiger charge is -2.18. The van der Waals surface area contributed by atoms with Gasteiger partial charge in [0, 0.05) is 11.1 Å². The lowest BCUT2D eigenvalue weighted by atomic mass is 10.0. The average Bonchev–Trinajstić information content (AvgIpc) is 2.52. The number of fused-ring (bicyclic) bond motifs is 1. The Morgan fingerprint density at radius 2 is 1.88 bits per heavy atom. The fourth-order valence-electron chi connectivity index (χ4n) is 2.60. The second-order valence-electron chi connectivity index (χ2n) is 5.27. The van der Waals surface area contributed by atoms with Crippen molar-refractivity contribution < 1.29 is 26.7 Å². The Labute approximate surface area is 137 Å². The monoisotopic (exact) mass is 350 g/mol. The minimum absolute atomic E-state index is 0.0344. The summed E-state index contributed by atoms with van der Waals surface area (Å²) in [5.41, 5.74) is 0.0610. The van der Waals surface area contributed by atoms with Crippen LogP contribution in [-0.2, 0) is 9.84 Å². The normalized spacial score (nSPS) is 17.6. The highest BCUT2D eigenvalue weighted by Crippen LogP contribution is 2.31. The molecule has 0 aromatic heterocycles. The van der Waals surface area contributed by atoms with Crippen LogP contribution in [-0.4, -0.2) is 27.1 Å². The highest BCUT2D eigenvalue weighted by atomic mass is 32.2. The average molecular weight is 350 g/mol. The van der Waals surface area contributed by atoms with Crippen molar-refractivity contribution in [1.82, 2.24) is 0 Å². The Kier molecular flexibility index (Phi) is 3.96. The van der Waals surface area contributed by atoms with Gasteiger partial charge in [0.05, 0.1) is 12.9 Å². The summed E-state index contributed by atoms with van der Waals surface area (Å²) in [4.78, 5) is 11.9. The van der Waals surface area contributed by atoms with Gasteiger partial charge in [0.25, 0.3) is 0 Å². The standard InChI is InChI=1S/C17H12F2O4S/c1-23-15-6-5-10(8-14(15)19)7-11-9-24(21,22)17-12(16(11)20)3-2-4-13(17)18/h2-8H,9H2,1H3/b11-7-. The molecule has 1 aliphatic heterocycles. The van der Waals surface area contributed by atoms with Gasteiger partial charge in [0.15, 0.2) is 27.2 Å². The predicted octanol–water partition coefficient (Wildman–Crippen LogP) is 3.03. The summed E-state index contributed by atoms with van der Waals surface area (Å²) < 4.78 is 56.9. The summed E-state index contributed by atoms with van der Waals surface area (Å²) in [5, 5.41) is 0. The second kappa shape index (κ2) is 5.83. The summed E-state index contributed by atoms with van der Waals surface area (Å²) in [6.45, 7) is 0. The quantitative estimate of drug-likeness (QED) is 0.781. The fraction of sp³-hybridized carbons (Fsp3) is 0.118. The van der Waals surface area contributed by atoms with Crippen LogP contribution in [0.4, 0.5) is 8.78 Å². The van der Waals surface area contributed by atoms with Crippen molar-refractivity contribution in [3.05, 3.63) is 64.7 Å². The minimum atomic E-state index is -3.98. The zero-order chi connectivity index (χ0) is 17.5. The summed E-state index contributed by atoms with van der Waals surface area (Å²) in [6.07, 6.45) is 1.29. The van der Waals surface area contributed by atoms with Crippen LogP contribution in [0.15, 0.2) is 46.9 Å². The molecule has 124 valence electrons. The summed E-state index contributed by atoms with van der Waals surface area (Å²) in [5.74, 6) is -2.77. The highest BCUT2D eigenvalue weighted by Gasteiger charge is 2.35. The molecule has 0 unspecified atom stereocenters. The van der Waals surface area contributed by atoms with Crippen molar-refractivity contribution in [1.29, 1.82) is 0 Å². The van der Waals surface area contributed by atoms with E-state index in [2.05, 4.69) is 0 Å². The highest BCUT2D eigenvalue weighted by molar-refractivity contribution is 7.91. The van der Waals surface area contributed by atoms with Crippen molar-refractivity contribution in [2.75, 3.05) is 12.9 Å². The zero-order valence-electron chi connectivity index (χ0n) is 12.5. The van der Waals surface area contributed by atoms with E-state index in [1.54, 1.807) is 0 Å². The van der Waals surface area contributed by atoms with Crippen molar-refractivity contribution in [2.45, 2.75) is 4.90 Å². The van der Waals surface area contributed by atoms with Gasteiger partial charge in [-0.1, -0.05) is 12.1 Å². The fourth-order valence-corrected chi connectivity index (χ4v) is 4.23. The van der Waals surface area contributed by atoms with Gasteiger partial charge < -0.3 is 4.74 Å². The van der Waals surface area contributed by atoms with E-state index in [0.717, 1.165) is 12.1 Å². The Balaban J connectivity index is 2.11. The van der Waals surface area contributed by atoms with Crippen molar-refractivity contribution in [3.8, 4) is 5.75 Å². The zero-order valence-corrected chi connectivity index (χ0v) is 13.4. The topological polar surface area (TPSA) is 60.4 Å². The molecular formula is C17H12F2O4S. The van der Waals surface area contributed by atoms with Gasteiger partial charge in [0.2, 0.25) is 0 Å². The number of hydrogen-bond acceptors (Lipinski definition) is 4. The number of sulfone groups is 1. The smallest absolute Gasteiger partial charge is 0.191 e. The lowest BCUT2D eigenvalue weighted by Crippen LogP contribution is -2.25. The van der Waals surface area contributed by atoms with E-state index < -0.39 is 37.9 Å². The van der Waals surface area contributed by atoms with Crippen LogP contribution < -0.4 is 4.74 Å². The summed E-state index contributed by atoms with van der Waals surface area (Å²) in [6, 6.07) is 7.54. The van der Waals surface area contributed by atoms with E-state index in [1.165, 1.54) is 37.5 Å². The maximum absolute atomic E-state index is 13.8. The molecule has 0 aliphatic carbocycles.